The highest BCUT2D eigenvalue weighted by molar-refractivity contribution is 5.81. The Morgan fingerprint density at radius 3 is 3.29 bits per heavy atom. The lowest BCUT2D eigenvalue weighted by Crippen LogP contribution is -2.51. The molecule has 1 atom stereocenters. The highest BCUT2D eigenvalue weighted by Gasteiger charge is 2.20. The lowest BCUT2D eigenvalue weighted by Gasteiger charge is -2.22. The summed E-state index contributed by atoms with van der Waals surface area (Å²) in [7, 11) is 0. The number of nitrogens with one attached hydrogen (secondary N) is 2. The second-order valence-electron chi connectivity index (χ2n) is 3.98. The second kappa shape index (κ2) is 6.32. The summed E-state index contributed by atoms with van der Waals surface area (Å²) in [5.41, 5.74) is 1.13. The van der Waals surface area contributed by atoms with Crippen LogP contribution in [0.3, 0.4) is 0 Å². The number of carbonyl (C=O) groups excluding carboxylic acids is 1. The molecule has 17 heavy (non-hydrogen) atoms. The molecule has 1 fully saturated rings. The van der Waals surface area contributed by atoms with E-state index in [1.807, 2.05) is 18.3 Å². The molecule has 5 heteroatoms. The minimum absolute atomic E-state index is 0.00795. The number of hydrogen-bond acceptors (Lipinski definition) is 4. The molecular formula is C12H17N3O2. The molecular weight excluding hydrogens is 218 g/mol. The van der Waals surface area contributed by atoms with Gasteiger partial charge in [-0.3, -0.25) is 9.78 Å². The molecule has 0 radical (unpaired) electrons. The zero-order valence-corrected chi connectivity index (χ0v) is 9.69. The zero-order valence-electron chi connectivity index (χ0n) is 9.69. The van der Waals surface area contributed by atoms with Gasteiger partial charge in [-0.1, -0.05) is 6.07 Å². The van der Waals surface area contributed by atoms with Crippen LogP contribution in [0.4, 0.5) is 0 Å². The second-order valence-corrected chi connectivity index (χ2v) is 3.98. The average molecular weight is 235 g/mol. The molecule has 1 aromatic heterocycles. The van der Waals surface area contributed by atoms with E-state index < -0.39 is 0 Å². The van der Waals surface area contributed by atoms with Gasteiger partial charge in [0.15, 0.2) is 0 Å². The fraction of sp³-hybridized carbons (Fsp3) is 0.500. The van der Waals surface area contributed by atoms with Gasteiger partial charge in [0.05, 0.1) is 13.2 Å². The minimum atomic E-state index is -0.211. The number of morpholine rings is 1. The summed E-state index contributed by atoms with van der Waals surface area (Å²) >= 11 is 0. The molecule has 1 aliphatic rings. The number of amides is 1. The Morgan fingerprint density at radius 1 is 1.65 bits per heavy atom. The van der Waals surface area contributed by atoms with E-state index in [1.54, 1.807) is 6.20 Å². The molecule has 92 valence electrons. The highest BCUT2D eigenvalue weighted by Crippen LogP contribution is 1.96. The number of rotatable bonds is 4. The van der Waals surface area contributed by atoms with Crippen LogP contribution < -0.4 is 10.6 Å². The van der Waals surface area contributed by atoms with Crippen LogP contribution in [0.2, 0.25) is 0 Å². The molecule has 1 aromatic rings. The van der Waals surface area contributed by atoms with Gasteiger partial charge in [-0.25, -0.2) is 0 Å². The van der Waals surface area contributed by atoms with Crippen molar-refractivity contribution in [1.82, 2.24) is 15.6 Å². The average Bonchev–Trinajstić information content (AvgIpc) is 2.41. The van der Waals surface area contributed by atoms with E-state index in [-0.39, 0.29) is 11.9 Å². The number of pyridine rings is 1. The number of ether oxygens (including phenoxy) is 1. The Kier molecular flexibility index (Phi) is 4.46. The van der Waals surface area contributed by atoms with Gasteiger partial charge in [0, 0.05) is 25.5 Å². The fourth-order valence-electron chi connectivity index (χ4n) is 1.73. The van der Waals surface area contributed by atoms with E-state index in [2.05, 4.69) is 15.6 Å². The predicted octanol–water partition coefficient (Wildman–Crippen LogP) is -0.271. The highest BCUT2D eigenvalue weighted by atomic mass is 16.5. The molecule has 2 N–H and O–H groups in total. The summed E-state index contributed by atoms with van der Waals surface area (Å²) in [5.74, 6) is 0.00795. The van der Waals surface area contributed by atoms with Crippen LogP contribution in [-0.2, 0) is 16.0 Å². The molecule has 0 spiro atoms. The number of aromatic nitrogens is 1. The van der Waals surface area contributed by atoms with E-state index >= 15 is 0 Å². The SMILES string of the molecule is O=C(NCCc1cccnc1)C1COCCN1. The summed E-state index contributed by atoms with van der Waals surface area (Å²) in [6.45, 7) is 2.50. The maximum atomic E-state index is 11.7. The summed E-state index contributed by atoms with van der Waals surface area (Å²) in [5, 5.41) is 6.01. The van der Waals surface area contributed by atoms with E-state index in [0.717, 1.165) is 18.5 Å². The number of hydrogen-bond donors (Lipinski definition) is 2. The Morgan fingerprint density at radius 2 is 2.59 bits per heavy atom. The minimum Gasteiger partial charge on any atom is -0.378 e. The molecule has 1 saturated heterocycles. The van der Waals surface area contributed by atoms with Crippen LogP contribution in [0, 0.1) is 0 Å². The monoisotopic (exact) mass is 235 g/mol. The maximum Gasteiger partial charge on any atom is 0.239 e. The Balaban J connectivity index is 1.69. The van der Waals surface area contributed by atoms with Crippen molar-refractivity contribution in [2.75, 3.05) is 26.3 Å². The third-order valence-corrected chi connectivity index (χ3v) is 2.67. The van der Waals surface area contributed by atoms with Crippen LogP contribution in [0.5, 0.6) is 0 Å². The van der Waals surface area contributed by atoms with Gasteiger partial charge in [0.2, 0.25) is 5.91 Å². The molecule has 0 aliphatic carbocycles. The van der Waals surface area contributed by atoms with Crippen molar-refractivity contribution in [1.29, 1.82) is 0 Å². The van der Waals surface area contributed by atoms with Gasteiger partial charge in [-0.2, -0.15) is 0 Å². The first-order valence-corrected chi connectivity index (χ1v) is 5.84. The molecule has 1 unspecified atom stereocenters. The molecule has 5 nitrogen and oxygen atoms in total. The quantitative estimate of drug-likeness (QED) is 0.754. The molecule has 2 heterocycles. The lowest BCUT2D eigenvalue weighted by atomic mass is 10.2. The van der Waals surface area contributed by atoms with Crippen molar-refractivity contribution >= 4 is 5.91 Å². The summed E-state index contributed by atoms with van der Waals surface area (Å²) < 4.78 is 5.23. The third-order valence-electron chi connectivity index (χ3n) is 2.67. The van der Waals surface area contributed by atoms with Crippen molar-refractivity contribution in [3.05, 3.63) is 30.1 Å². The molecule has 0 saturated carbocycles. The van der Waals surface area contributed by atoms with Gasteiger partial charge in [0.25, 0.3) is 0 Å². The van der Waals surface area contributed by atoms with E-state index in [1.165, 1.54) is 0 Å². The Hall–Kier alpha value is -1.46. The van der Waals surface area contributed by atoms with Crippen LogP contribution in [0.1, 0.15) is 5.56 Å². The molecule has 2 rings (SSSR count). The summed E-state index contributed by atoms with van der Waals surface area (Å²) in [6.07, 6.45) is 4.35. The van der Waals surface area contributed by atoms with E-state index in [4.69, 9.17) is 4.74 Å². The van der Waals surface area contributed by atoms with Gasteiger partial charge in [-0.15, -0.1) is 0 Å². The van der Waals surface area contributed by atoms with Crippen molar-refractivity contribution in [2.45, 2.75) is 12.5 Å². The first kappa shape index (κ1) is 12.0. The molecule has 0 aromatic carbocycles. The van der Waals surface area contributed by atoms with Crippen molar-refractivity contribution < 1.29 is 9.53 Å². The first-order valence-electron chi connectivity index (χ1n) is 5.84. The van der Waals surface area contributed by atoms with Crippen LogP contribution in [-0.4, -0.2) is 43.2 Å². The van der Waals surface area contributed by atoms with Crippen LogP contribution in [0.25, 0.3) is 0 Å². The summed E-state index contributed by atoms with van der Waals surface area (Å²) in [6, 6.07) is 3.69. The number of carbonyl (C=O) groups is 1. The normalized spacial score (nSPS) is 19.9. The fourth-order valence-corrected chi connectivity index (χ4v) is 1.73. The van der Waals surface area contributed by atoms with Crippen molar-refractivity contribution in [3.63, 3.8) is 0 Å². The topological polar surface area (TPSA) is 63.2 Å². The Labute approximate surface area is 101 Å². The van der Waals surface area contributed by atoms with Gasteiger partial charge in [-0.05, 0) is 18.1 Å². The smallest absolute Gasteiger partial charge is 0.239 e. The van der Waals surface area contributed by atoms with Gasteiger partial charge in [0.1, 0.15) is 6.04 Å². The standard InChI is InChI=1S/C12H17N3O2/c16-12(11-9-17-7-6-14-11)15-5-3-10-2-1-4-13-8-10/h1-2,4,8,11,14H,3,5-7,9H2,(H,15,16). The summed E-state index contributed by atoms with van der Waals surface area (Å²) in [4.78, 5) is 15.7. The molecule has 1 aliphatic heterocycles. The van der Waals surface area contributed by atoms with Crippen molar-refractivity contribution in [3.8, 4) is 0 Å². The largest absolute Gasteiger partial charge is 0.378 e. The lowest BCUT2D eigenvalue weighted by molar-refractivity contribution is -0.125. The molecule has 0 bridgehead atoms. The maximum absolute atomic E-state index is 11.7. The predicted molar refractivity (Wildman–Crippen MR) is 63.6 cm³/mol. The van der Waals surface area contributed by atoms with E-state index in [0.29, 0.717) is 19.8 Å². The third kappa shape index (κ3) is 3.80. The van der Waals surface area contributed by atoms with Crippen LogP contribution in [0.15, 0.2) is 24.5 Å². The number of nitrogens with zero attached hydrogens (tertiary/aromatic N) is 1. The van der Waals surface area contributed by atoms with Crippen molar-refractivity contribution in [2.24, 2.45) is 0 Å². The Bertz CT molecular complexity index is 350. The first-order chi connectivity index (χ1) is 8.36. The van der Waals surface area contributed by atoms with Gasteiger partial charge >= 0.3 is 0 Å². The van der Waals surface area contributed by atoms with Gasteiger partial charge < -0.3 is 15.4 Å². The van der Waals surface area contributed by atoms with E-state index in [9.17, 15) is 4.79 Å². The molecule has 1 amide bonds. The van der Waals surface area contributed by atoms with Crippen LogP contribution >= 0.6 is 0 Å². The zero-order chi connectivity index (χ0) is 11.9.